The van der Waals surface area contributed by atoms with Crippen molar-refractivity contribution >= 4 is 33.2 Å². The molecule has 0 radical (unpaired) electrons. The first-order valence-electron chi connectivity index (χ1n) is 6.91. The first-order chi connectivity index (χ1) is 10.2. The van der Waals surface area contributed by atoms with Crippen molar-refractivity contribution in [1.82, 2.24) is 0 Å². The molecule has 3 rings (SSSR count). The van der Waals surface area contributed by atoms with Gasteiger partial charge in [-0.3, -0.25) is 0 Å². The summed E-state index contributed by atoms with van der Waals surface area (Å²) in [6.45, 7) is 0.510. The monoisotopic (exact) mass is 363 g/mol. The molecule has 1 unspecified atom stereocenters. The topological polar surface area (TPSA) is 21.6 Å². The van der Waals surface area contributed by atoms with Gasteiger partial charge in [0.2, 0.25) is 0 Å². The van der Waals surface area contributed by atoms with Crippen molar-refractivity contribution in [1.29, 1.82) is 0 Å². The second kappa shape index (κ2) is 6.63. The van der Waals surface area contributed by atoms with E-state index >= 15 is 0 Å². The molecule has 0 saturated heterocycles. The van der Waals surface area contributed by atoms with E-state index in [9.17, 15) is 0 Å². The van der Waals surface area contributed by atoms with Gasteiger partial charge in [-0.15, -0.1) is 0 Å². The van der Waals surface area contributed by atoms with Crippen molar-refractivity contribution in [2.75, 3.05) is 0 Å². The average Bonchev–Trinajstić information content (AvgIpc) is 2.42. The summed E-state index contributed by atoms with van der Waals surface area (Å²) < 4.78 is 1.00. The molecule has 21 heavy (non-hydrogen) atoms. The third-order valence-electron chi connectivity index (χ3n) is 3.63. The largest absolute Gasteiger partial charge is 0.391 e. The second-order valence-electron chi connectivity index (χ2n) is 5.14. The van der Waals surface area contributed by atoms with Crippen molar-refractivity contribution in [2.45, 2.75) is 25.4 Å². The Morgan fingerprint density at radius 1 is 1.19 bits per heavy atom. The van der Waals surface area contributed by atoms with Crippen molar-refractivity contribution < 1.29 is 4.84 Å². The van der Waals surface area contributed by atoms with E-state index in [0.29, 0.717) is 12.5 Å². The van der Waals surface area contributed by atoms with Gasteiger partial charge < -0.3 is 4.84 Å². The predicted octanol–water partition coefficient (Wildman–Crippen LogP) is 5.55. The summed E-state index contributed by atoms with van der Waals surface area (Å²) in [6, 6.07) is 16.1. The molecule has 1 saturated carbocycles. The molecule has 1 fully saturated rings. The molecule has 0 spiro atoms. The molecule has 0 amide bonds. The van der Waals surface area contributed by atoms with Gasteiger partial charge in [-0.05, 0) is 42.2 Å². The van der Waals surface area contributed by atoms with Gasteiger partial charge in [-0.2, -0.15) is 0 Å². The molecule has 0 aromatic heterocycles. The van der Waals surface area contributed by atoms with Crippen LogP contribution in [0.5, 0.6) is 0 Å². The first kappa shape index (κ1) is 14.6. The molecule has 2 nitrogen and oxygen atoms in total. The summed E-state index contributed by atoms with van der Waals surface area (Å²) in [4.78, 5) is 5.48. The van der Waals surface area contributed by atoms with Crippen LogP contribution in [0, 0.1) is 0 Å². The fraction of sp³-hybridized carbons (Fsp3) is 0.235. The SMILES string of the molecule is Clc1cc(Br)cc(C2CCC2=NOCc2ccccc2)c1. The number of nitrogens with zero attached hydrogens (tertiary/aromatic N) is 1. The maximum absolute atomic E-state index is 6.11. The average molecular weight is 365 g/mol. The van der Waals surface area contributed by atoms with Gasteiger partial charge in [-0.25, -0.2) is 0 Å². The van der Waals surface area contributed by atoms with E-state index in [1.807, 2.05) is 42.5 Å². The molecule has 0 aliphatic heterocycles. The van der Waals surface area contributed by atoms with Crippen LogP contribution in [0.3, 0.4) is 0 Å². The Kier molecular flexibility index (Phi) is 4.61. The van der Waals surface area contributed by atoms with Crippen LogP contribution in [0.2, 0.25) is 5.02 Å². The maximum Gasteiger partial charge on any atom is 0.142 e. The minimum Gasteiger partial charge on any atom is -0.391 e. The van der Waals surface area contributed by atoms with E-state index in [1.54, 1.807) is 0 Å². The number of oxime groups is 1. The number of benzene rings is 2. The highest BCUT2D eigenvalue weighted by molar-refractivity contribution is 9.10. The lowest BCUT2D eigenvalue weighted by molar-refractivity contribution is 0.127. The highest BCUT2D eigenvalue weighted by atomic mass is 79.9. The molecule has 1 aliphatic rings. The van der Waals surface area contributed by atoms with E-state index < -0.39 is 0 Å². The van der Waals surface area contributed by atoms with Gasteiger partial charge in [0.25, 0.3) is 0 Å². The number of halogens is 2. The van der Waals surface area contributed by atoms with Crippen molar-refractivity contribution in [3.63, 3.8) is 0 Å². The first-order valence-corrected chi connectivity index (χ1v) is 8.08. The Morgan fingerprint density at radius 3 is 2.67 bits per heavy atom. The summed E-state index contributed by atoms with van der Waals surface area (Å²) in [5, 5.41) is 5.05. The number of hydrogen-bond acceptors (Lipinski definition) is 2. The zero-order valence-corrected chi connectivity index (χ0v) is 13.8. The highest BCUT2D eigenvalue weighted by Gasteiger charge is 2.28. The third kappa shape index (κ3) is 3.66. The molecule has 4 heteroatoms. The van der Waals surface area contributed by atoms with Gasteiger partial charge in [0, 0.05) is 15.4 Å². The van der Waals surface area contributed by atoms with Gasteiger partial charge in [0.05, 0.1) is 5.71 Å². The van der Waals surface area contributed by atoms with E-state index in [2.05, 4.69) is 27.2 Å². The van der Waals surface area contributed by atoms with Crippen LogP contribution in [0.1, 0.15) is 29.9 Å². The Bertz CT molecular complexity index is 637. The summed E-state index contributed by atoms with van der Waals surface area (Å²) in [5.41, 5.74) is 3.42. The molecule has 108 valence electrons. The Labute approximate surface area is 137 Å². The van der Waals surface area contributed by atoms with E-state index in [-0.39, 0.29) is 0 Å². The van der Waals surface area contributed by atoms with Crippen LogP contribution in [-0.2, 0) is 11.4 Å². The van der Waals surface area contributed by atoms with Crippen molar-refractivity contribution in [3.05, 3.63) is 69.2 Å². The van der Waals surface area contributed by atoms with Crippen molar-refractivity contribution in [2.24, 2.45) is 5.16 Å². The molecular weight excluding hydrogens is 350 g/mol. The molecular formula is C17H15BrClNO. The third-order valence-corrected chi connectivity index (χ3v) is 4.31. The van der Waals surface area contributed by atoms with Gasteiger partial charge in [0.1, 0.15) is 6.61 Å². The van der Waals surface area contributed by atoms with Crippen LogP contribution in [0.4, 0.5) is 0 Å². The zero-order chi connectivity index (χ0) is 14.7. The summed E-state index contributed by atoms with van der Waals surface area (Å²) in [6.07, 6.45) is 2.09. The maximum atomic E-state index is 6.11. The molecule has 2 aromatic carbocycles. The molecule has 0 heterocycles. The van der Waals surface area contributed by atoms with E-state index in [0.717, 1.165) is 33.6 Å². The van der Waals surface area contributed by atoms with Crippen molar-refractivity contribution in [3.8, 4) is 0 Å². The van der Waals surface area contributed by atoms with Crippen LogP contribution >= 0.6 is 27.5 Å². The number of rotatable bonds is 4. The van der Waals surface area contributed by atoms with Gasteiger partial charge >= 0.3 is 0 Å². The standard InChI is InChI=1S/C17H15BrClNO/c18-14-8-13(9-15(19)10-14)16-6-7-17(16)20-21-11-12-4-2-1-3-5-12/h1-5,8-10,16H,6-7,11H2. The quantitative estimate of drug-likeness (QED) is 0.651. The number of hydrogen-bond donors (Lipinski definition) is 0. The lowest BCUT2D eigenvalue weighted by atomic mass is 9.78. The molecule has 2 aromatic rings. The Balaban J connectivity index is 1.65. The minimum atomic E-state index is 0.329. The van der Waals surface area contributed by atoms with Crippen LogP contribution in [0.15, 0.2) is 58.2 Å². The van der Waals surface area contributed by atoms with Gasteiger partial charge in [0.15, 0.2) is 0 Å². The van der Waals surface area contributed by atoms with Gasteiger partial charge in [-0.1, -0.05) is 63.0 Å². The van der Waals surface area contributed by atoms with Crippen LogP contribution in [0.25, 0.3) is 0 Å². The lowest BCUT2D eigenvalue weighted by Crippen LogP contribution is -2.24. The molecule has 0 N–H and O–H groups in total. The Hall–Kier alpha value is -1.32. The normalized spacial score (nSPS) is 19.3. The summed E-state index contributed by atoms with van der Waals surface area (Å²) in [5.74, 6) is 0.329. The summed E-state index contributed by atoms with van der Waals surface area (Å²) in [7, 11) is 0. The predicted molar refractivity (Wildman–Crippen MR) is 89.8 cm³/mol. The second-order valence-corrected chi connectivity index (χ2v) is 6.49. The zero-order valence-electron chi connectivity index (χ0n) is 11.4. The molecule has 1 atom stereocenters. The summed E-state index contributed by atoms with van der Waals surface area (Å²) >= 11 is 9.59. The smallest absolute Gasteiger partial charge is 0.142 e. The van der Waals surface area contributed by atoms with Crippen LogP contribution < -0.4 is 0 Å². The lowest BCUT2D eigenvalue weighted by Gasteiger charge is -2.28. The van der Waals surface area contributed by atoms with E-state index in [4.69, 9.17) is 16.4 Å². The fourth-order valence-electron chi connectivity index (χ4n) is 2.43. The fourth-order valence-corrected chi connectivity index (χ4v) is 3.31. The minimum absolute atomic E-state index is 0.329. The Morgan fingerprint density at radius 2 is 2.00 bits per heavy atom. The molecule has 1 aliphatic carbocycles. The van der Waals surface area contributed by atoms with E-state index in [1.165, 1.54) is 5.56 Å². The molecule has 0 bridgehead atoms. The highest BCUT2D eigenvalue weighted by Crippen LogP contribution is 2.36. The van der Waals surface area contributed by atoms with Crippen LogP contribution in [-0.4, -0.2) is 5.71 Å².